The lowest BCUT2D eigenvalue weighted by Gasteiger charge is -2.32. The van der Waals surface area contributed by atoms with E-state index in [4.69, 9.17) is 16.3 Å². The predicted molar refractivity (Wildman–Crippen MR) is 119 cm³/mol. The van der Waals surface area contributed by atoms with E-state index in [1.54, 1.807) is 12.1 Å². The Morgan fingerprint density at radius 1 is 1.23 bits per heavy atom. The minimum absolute atomic E-state index is 0.00153. The van der Waals surface area contributed by atoms with Gasteiger partial charge in [-0.1, -0.05) is 17.7 Å². The Morgan fingerprint density at radius 3 is 2.55 bits per heavy atom. The van der Waals surface area contributed by atoms with E-state index >= 15 is 0 Å². The molecule has 0 aromatic heterocycles. The summed E-state index contributed by atoms with van der Waals surface area (Å²) < 4.78 is 44.1. The van der Waals surface area contributed by atoms with E-state index in [1.807, 2.05) is 6.07 Å². The molecule has 1 saturated heterocycles. The number of sulfonamides is 1. The van der Waals surface area contributed by atoms with Crippen molar-refractivity contribution in [2.75, 3.05) is 31.2 Å². The molecule has 0 saturated carbocycles. The van der Waals surface area contributed by atoms with Gasteiger partial charge in [-0.3, -0.25) is 14.4 Å². The Labute approximate surface area is 186 Å². The van der Waals surface area contributed by atoms with Gasteiger partial charge in [-0.25, -0.2) is 12.8 Å². The van der Waals surface area contributed by atoms with Crippen LogP contribution in [0.2, 0.25) is 5.02 Å². The number of benzene rings is 2. The number of halogens is 2. The zero-order chi connectivity index (χ0) is 22.6. The van der Waals surface area contributed by atoms with Crippen molar-refractivity contribution < 1.29 is 22.3 Å². The van der Waals surface area contributed by atoms with Crippen LogP contribution >= 0.6 is 11.6 Å². The van der Waals surface area contributed by atoms with E-state index < -0.39 is 10.0 Å². The summed E-state index contributed by atoms with van der Waals surface area (Å²) in [6.07, 6.45) is 2.53. The van der Waals surface area contributed by atoms with Gasteiger partial charge in [-0.15, -0.1) is 0 Å². The van der Waals surface area contributed by atoms with Crippen molar-refractivity contribution in [1.29, 1.82) is 0 Å². The largest absolute Gasteiger partial charge is 0.494 e. The molecule has 0 bridgehead atoms. The van der Waals surface area contributed by atoms with E-state index in [9.17, 15) is 17.6 Å². The Kier molecular flexibility index (Phi) is 7.40. The highest BCUT2D eigenvalue weighted by Gasteiger charge is 2.22. The number of piperidine rings is 1. The molecule has 0 spiro atoms. The lowest BCUT2D eigenvalue weighted by atomic mass is 10.0. The van der Waals surface area contributed by atoms with Crippen molar-refractivity contribution >= 4 is 33.2 Å². The van der Waals surface area contributed by atoms with E-state index in [-0.39, 0.29) is 34.2 Å². The van der Waals surface area contributed by atoms with Crippen molar-refractivity contribution in [3.63, 3.8) is 0 Å². The third-order valence-electron chi connectivity index (χ3n) is 5.07. The minimum atomic E-state index is -3.51. The van der Waals surface area contributed by atoms with Crippen molar-refractivity contribution in [1.82, 2.24) is 10.2 Å². The number of methoxy groups -OCH3 is 1. The number of anilines is 1. The van der Waals surface area contributed by atoms with Crippen molar-refractivity contribution in [2.45, 2.75) is 25.4 Å². The van der Waals surface area contributed by atoms with Gasteiger partial charge in [0.25, 0.3) is 5.91 Å². The molecule has 1 aliphatic rings. The summed E-state index contributed by atoms with van der Waals surface area (Å²) in [7, 11) is -2.08. The number of amides is 1. The maximum atomic E-state index is 13.9. The van der Waals surface area contributed by atoms with Gasteiger partial charge in [0.15, 0.2) is 11.6 Å². The van der Waals surface area contributed by atoms with Gasteiger partial charge in [0.2, 0.25) is 10.0 Å². The summed E-state index contributed by atoms with van der Waals surface area (Å²) in [5.41, 5.74) is 1.36. The van der Waals surface area contributed by atoms with Gasteiger partial charge in [-0.2, -0.15) is 0 Å². The zero-order valence-corrected chi connectivity index (χ0v) is 18.9. The molecule has 7 nitrogen and oxygen atoms in total. The van der Waals surface area contributed by atoms with Crippen LogP contribution in [0, 0.1) is 5.82 Å². The molecule has 2 aromatic rings. The van der Waals surface area contributed by atoms with Crippen LogP contribution in [-0.2, 0) is 16.6 Å². The molecule has 3 rings (SSSR count). The lowest BCUT2D eigenvalue weighted by molar-refractivity contribution is 0.0909. The molecule has 0 atom stereocenters. The number of carbonyl (C=O) groups excluding carboxylic acids is 1. The fraction of sp³-hybridized carbons (Fsp3) is 0.381. The molecular weight excluding hydrogens is 445 g/mol. The number of carbonyl (C=O) groups is 1. The van der Waals surface area contributed by atoms with E-state index in [0.717, 1.165) is 37.8 Å². The summed E-state index contributed by atoms with van der Waals surface area (Å²) in [6, 6.07) is 9.41. The van der Waals surface area contributed by atoms with Crippen molar-refractivity contribution in [2.24, 2.45) is 0 Å². The number of ether oxygens (including phenoxy) is 1. The van der Waals surface area contributed by atoms with Crippen molar-refractivity contribution in [3.05, 3.63) is 58.4 Å². The van der Waals surface area contributed by atoms with Crippen LogP contribution in [0.5, 0.6) is 5.75 Å². The van der Waals surface area contributed by atoms with Crippen LogP contribution in [0.4, 0.5) is 10.1 Å². The number of nitrogens with one attached hydrogen (secondary N) is 2. The van der Waals surface area contributed by atoms with Gasteiger partial charge in [0.1, 0.15) is 0 Å². The summed E-state index contributed by atoms with van der Waals surface area (Å²) in [5, 5.41) is 3.20. The summed E-state index contributed by atoms with van der Waals surface area (Å²) in [6.45, 7) is 2.15. The van der Waals surface area contributed by atoms with Gasteiger partial charge >= 0.3 is 0 Å². The van der Waals surface area contributed by atoms with Crippen LogP contribution < -0.4 is 14.8 Å². The molecule has 168 valence electrons. The van der Waals surface area contributed by atoms with Gasteiger partial charge < -0.3 is 10.1 Å². The Bertz CT molecular complexity index is 1060. The third-order valence-corrected chi connectivity index (χ3v) is 5.99. The molecule has 0 radical (unpaired) electrons. The minimum Gasteiger partial charge on any atom is -0.494 e. The second kappa shape index (κ2) is 9.84. The molecule has 2 aromatic carbocycles. The average molecular weight is 470 g/mol. The second-order valence-corrected chi connectivity index (χ2v) is 9.72. The zero-order valence-electron chi connectivity index (χ0n) is 17.3. The molecule has 1 amide bonds. The SMILES string of the molecule is COc1ccc(CN2CCC(NC(=O)c3ccc(Cl)c(NS(C)(=O)=O)c3)CC2)cc1F. The highest BCUT2D eigenvalue weighted by molar-refractivity contribution is 7.92. The Morgan fingerprint density at radius 2 is 1.94 bits per heavy atom. The van der Waals surface area contributed by atoms with Gasteiger partial charge in [-0.05, 0) is 48.7 Å². The number of rotatable bonds is 7. The first-order valence-electron chi connectivity index (χ1n) is 9.77. The third kappa shape index (κ3) is 6.56. The topological polar surface area (TPSA) is 87.7 Å². The predicted octanol–water partition coefficient (Wildman–Crippen LogP) is 3.25. The fourth-order valence-electron chi connectivity index (χ4n) is 3.52. The Hall–Kier alpha value is -2.36. The Balaban J connectivity index is 1.54. The number of hydrogen-bond acceptors (Lipinski definition) is 5. The van der Waals surface area contributed by atoms with Gasteiger partial charge in [0, 0.05) is 31.2 Å². The first-order chi connectivity index (χ1) is 14.6. The summed E-state index contributed by atoms with van der Waals surface area (Å²) in [4.78, 5) is 14.8. The number of hydrogen-bond donors (Lipinski definition) is 2. The number of likely N-dealkylation sites (tertiary alicyclic amines) is 1. The van der Waals surface area contributed by atoms with Crippen LogP contribution in [0.1, 0.15) is 28.8 Å². The highest BCUT2D eigenvalue weighted by atomic mass is 35.5. The first-order valence-corrected chi connectivity index (χ1v) is 12.0. The monoisotopic (exact) mass is 469 g/mol. The van der Waals surface area contributed by atoms with Crippen LogP contribution in [0.3, 0.4) is 0 Å². The molecule has 10 heteroatoms. The quantitative estimate of drug-likeness (QED) is 0.650. The van der Waals surface area contributed by atoms with E-state index in [2.05, 4.69) is 14.9 Å². The molecule has 1 aliphatic heterocycles. The summed E-state index contributed by atoms with van der Waals surface area (Å²) in [5.74, 6) is -0.444. The molecule has 2 N–H and O–H groups in total. The molecule has 31 heavy (non-hydrogen) atoms. The standard InChI is InChI=1S/C21H25ClFN3O4S/c1-30-20-6-3-14(11-18(20)23)13-26-9-7-16(8-10-26)24-21(27)15-4-5-17(22)19(12-15)25-31(2,28)29/h3-6,11-12,16,25H,7-10,13H2,1-2H3,(H,24,27). The van der Waals surface area contributed by atoms with Gasteiger partial charge in [0.05, 0.1) is 24.1 Å². The van der Waals surface area contributed by atoms with Crippen LogP contribution in [0.25, 0.3) is 0 Å². The molecule has 0 aliphatic carbocycles. The van der Waals surface area contributed by atoms with E-state index in [1.165, 1.54) is 25.3 Å². The molecule has 1 heterocycles. The summed E-state index contributed by atoms with van der Waals surface area (Å²) >= 11 is 6.01. The molecule has 1 fully saturated rings. The highest BCUT2D eigenvalue weighted by Crippen LogP contribution is 2.24. The first kappa shape index (κ1) is 23.3. The smallest absolute Gasteiger partial charge is 0.251 e. The average Bonchev–Trinajstić information content (AvgIpc) is 2.70. The second-order valence-electron chi connectivity index (χ2n) is 7.56. The lowest BCUT2D eigenvalue weighted by Crippen LogP contribution is -2.44. The van der Waals surface area contributed by atoms with Crippen LogP contribution in [-0.4, -0.2) is 51.7 Å². The normalized spacial score (nSPS) is 15.5. The maximum Gasteiger partial charge on any atom is 0.251 e. The molecular formula is C21H25ClFN3O4S. The van der Waals surface area contributed by atoms with E-state index in [0.29, 0.717) is 12.1 Å². The van der Waals surface area contributed by atoms with Crippen molar-refractivity contribution in [3.8, 4) is 5.75 Å². The maximum absolute atomic E-state index is 13.9. The molecule has 0 unspecified atom stereocenters. The number of nitrogens with zero attached hydrogens (tertiary/aromatic N) is 1. The fourth-order valence-corrected chi connectivity index (χ4v) is 4.30. The van der Waals surface area contributed by atoms with Crippen LogP contribution in [0.15, 0.2) is 36.4 Å².